The number of nitrogens with zero attached hydrogens (tertiary/aromatic N) is 3. The molecule has 0 aliphatic rings. The summed E-state index contributed by atoms with van der Waals surface area (Å²) in [5.74, 6) is 8.64. The number of hydrogen-bond acceptors (Lipinski definition) is 3. The Labute approximate surface area is 375 Å². The molecule has 10 rings (SSSR count). The molecule has 0 saturated heterocycles. The van der Waals surface area contributed by atoms with Gasteiger partial charge < -0.3 is 8.98 Å². The molecular formula is C55H49GeIrN3O-2. The van der Waals surface area contributed by atoms with Crippen LogP contribution in [0.3, 0.4) is 0 Å². The summed E-state index contributed by atoms with van der Waals surface area (Å²) in [6, 6.07) is 59.8. The number of fused-ring (bicyclic) bond motifs is 6. The van der Waals surface area contributed by atoms with Crippen molar-refractivity contribution in [2.75, 3.05) is 0 Å². The quantitative estimate of drug-likeness (QED) is 0.118. The average Bonchev–Trinajstić information content (AvgIpc) is 3.85. The maximum absolute atomic E-state index is 6.75. The molecule has 7 aromatic carbocycles. The summed E-state index contributed by atoms with van der Waals surface area (Å²) in [7, 11) is 0. The van der Waals surface area contributed by atoms with Crippen molar-refractivity contribution in [3.05, 3.63) is 181 Å². The fourth-order valence-electron chi connectivity index (χ4n) is 8.26. The Morgan fingerprint density at radius 1 is 0.623 bits per heavy atom. The van der Waals surface area contributed by atoms with Crippen LogP contribution in [0.2, 0.25) is 17.3 Å². The van der Waals surface area contributed by atoms with Crippen molar-refractivity contribution in [1.82, 2.24) is 14.5 Å². The molecule has 0 fully saturated rings. The molecule has 0 N–H and O–H groups in total. The third-order valence-electron chi connectivity index (χ3n) is 11.5. The molecule has 3 heterocycles. The summed E-state index contributed by atoms with van der Waals surface area (Å²) in [4.78, 5) is 9.90. The van der Waals surface area contributed by atoms with Gasteiger partial charge in [0.15, 0.2) is 0 Å². The number of pyridine rings is 1. The molecule has 10 aromatic rings. The maximum Gasteiger partial charge on any atom is 0 e. The molecule has 61 heavy (non-hydrogen) atoms. The Hall–Kier alpha value is -5.59. The Bertz CT molecular complexity index is 3100. The Balaban J connectivity index is 0.000000255. The molecule has 0 atom stereocenters. The van der Waals surface area contributed by atoms with Crippen molar-refractivity contribution in [1.29, 1.82) is 0 Å². The van der Waals surface area contributed by atoms with E-state index in [-0.39, 0.29) is 20.1 Å². The monoisotopic (exact) mass is 1030 g/mol. The zero-order valence-electron chi connectivity index (χ0n) is 35.7. The summed E-state index contributed by atoms with van der Waals surface area (Å²) in [6.07, 6.45) is 2.04. The molecule has 0 saturated carbocycles. The van der Waals surface area contributed by atoms with Gasteiger partial charge >= 0.3 is 99.8 Å². The van der Waals surface area contributed by atoms with E-state index in [1.165, 1.54) is 37.5 Å². The van der Waals surface area contributed by atoms with Gasteiger partial charge in [0.1, 0.15) is 5.58 Å². The van der Waals surface area contributed by atoms with Gasteiger partial charge in [-0.05, 0) is 51.6 Å². The predicted octanol–water partition coefficient (Wildman–Crippen LogP) is 14.6. The second-order valence-corrected chi connectivity index (χ2v) is 27.9. The summed E-state index contributed by atoms with van der Waals surface area (Å²) >= 11 is -1.72. The van der Waals surface area contributed by atoms with E-state index in [1.807, 2.05) is 42.6 Å². The first kappa shape index (κ1) is 42.1. The van der Waals surface area contributed by atoms with Crippen LogP contribution in [0.4, 0.5) is 0 Å². The minimum absolute atomic E-state index is 0. The third-order valence-corrected chi connectivity index (χ3v) is 15.7. The molecule has 3 aromatic heterocycles. The maximum atomic E-state index is 6.75. The second-order valence-electron chi connectivity index (χ2n) is 17.3. The van der Waals surface area contributed by atoms with Gasteiger partial charge in [0.25, 0.3) is 0 Å². The van der Waals surface area contributed by atoms with E-state index >= 15 is 0 Å². The molecule has 305 valence electrons. The van der Waals surface area contributed by atoms with Crippen LogP contribution >= 0.6 is 0 Å². The molecule has 6 heteroatoms. The number of rotatable bonds is 7. The van der Waals surface area contributed by atoms with Crippen molar-refractivity contribution in [3.63, 3.8) is 0 Å². The summed E-state index contributed by atoms with van der Waals surface area (Å²) in [5.41, 5.74) is 12.8. The number of furan rings is 1. The molecule has 4 nitrogen and oxygen atoms in total. The van der Waals surface area contributed by atoms with Crippen molar-refractivity contribution in [2.45, 2.75) is 56.8 Å². The van der Waals surface area contributed by atoms with Crippen molar-refractivity contribution < 1.29 is 24.5 Å². The van der Waals surface area contributed by atoms with E-state index < -0.39 is 13.3 Å². The van der Waals surface area contributed by atoms with Gasteiger partial charge in [-0.3, -0.25) is 4.98 Å². The van der Waals surface area contributed by atoms with E-state index in [9.17, 15) is 0 Å². The van der Waals surface area contributed by atoms with E-state index in [2.05, 4.69) is 182 Å². The Morgan fingerprint density at radius 3 is 2.05 bits per heavy atom. The van der Waals surface area contributed by atoms with Crippen LogP contribution in [0, 0.1) is 12.1 Å². The van der Waals surface area contributed by atoms with Gasteiger partial charge in [-0.25, -0.2) is 0 Å². The van der Waals surface area contributed by atoms with Crippen LogP contribution in [-0.2, 0) is 20.1 Å². The molecular weight excluding hydrogens is 983 g/mol. The van der Waals surface area contributed by atoms with Crippen molar-refractivity contribution >= 4 is 61.4 Å². The first-order chi connectivity index (χ1) is 29.1. The fraction of sp³-hybridized carbons (Fsp3) is 0.164. The first-order valence-electron chi connectivity index (χ1n) is 21.0. The van der Waals surface area contributed by atoms with E-state index in [4.69, 9.17) is 9.40 Å². The fourth-order valence-corrected chi connectivity index (χ4v) is 10.4. The van der Waals surface area contributed by atoms with E-state index in [1.54, 1.807) is 0 Å². The van der Waals surface area contributed by atoms with Gasteiger partial charge in [-0.15, -0.1) is 18.2 Å². The summed E-state index contributed by atoms with van der Waals surface area (Å²) < 4.78 is 10.6. The number of para-hydroxylation sites is 1. The molecule has 0 aliphatic carbocycles. The first-order valence-corrected chi connectivity index (χ1v) is 28.3. The smallest absolute Gasteiger partial charge is 0 e. The molecule has 0 aliphatic heterocycles. The minimum atomic E-state index is -1.72. The van der Waals surface area contributed by atoms with Crippen molar-refractivity contribution in [3.8, 4) is 39.5 Å². The number of imidazole rings is 1. The molecule has 0 spiro atoms. The van der Waals surface area contributed by atoms with Crippen LogP contribution in [-0.4, -0.2) is 27.8 Å². The topological polar surface area (TPSA) is 43.9 Å². The zero-order valence-corrected chi connectivity index (χ0v) is 40.2. The average molecular weight is 1030 g/mol. The van der Waals surface area contributed by atoms with Gasteiger partial charge in [0, 0.05) is 36.6 Å². The van der Waals surface area contributed by atoms with E-state index in [0.29, 0.717) is 11.8 Å². The summed E-state index contributed by atoms with van der Waals surface area (Å²) in [6.45, 7) is 9.10. The Morgan fingerprint density at radius 2 is 1.36 bits per heavy atom. The molecule has 0 unspecified atom stereocenters. The second kappa shape index (κ2) is 17.4. The third kappa shape index (κ3) is 8.15. The summed E-state index contributed by atoms with van der Waals surface area (Å²) in [5, 5.41) is 4.54. The van der Waals surface area contributed by atoms with Crippen molar-refractivity contribution in [2.24, 2.45) is 0 Å². The van der Waals surface area contributed by atoms with Gasteiger partial charge in [0.05, 0.1) is 22.4 Å². The van der Waals surface area contributed by atoms with Crippen LogP contribution in [0.5, 0.6) is 0 Å². The largest absolute Gasteiger partial charge is 0 e. The van der Waals surface area contributed by atoms with E-state index in [0.717, 1.165) is 61.2 Å². The molecule has 1 radical (unpaired) electrons. The van der Waals surface area contributed by atoms with Crippen LogP contribution in [0.15, 0.2) is 162 Å². The number of hydrogen-bond donors (Lipinski definition) is 0. The van der Waals surface area contributed by atoms with Crippen LogP contribution in [0.1, 0.15) is 50.7 Å². The number of aromatic nitrogens is 3. The predicted molar refractivity (Wildman–Crippen MR) is 255 cm³/mol. The standard InChI is InChI=1S/C41H33N2O.C14H16GeN.Ir/c1-25(2)30-16-10-17-31(26(3)4)38(30)43-39-32-15-9-8-14-28(32)21-23-36(39)42-41(43)35-19-11-18-34-33-22-20-29(24-37(33)44-40(34)35)27-12-6-5-7-13-27;1-15(2,3)13-9-10-14(16-11-13)12-7-5-4-6-8-12;/h5-18,20-26H,1-4H3;4-7,9-11H,1-3H3;/q2*-1;. The normalized spacial score (nSPS) is 11.7. The number of benzene rings is 7. The minimum Gasteiger partial charge on any atom is 0 e. The molecule has 0 bridgehead atoms. The van der Waals surface area contributed by atoms with Crippen LogP contribution < -0.4 is 4.40 Å². The van der Waals surface area contributed by atoms with Gasteiger partial charge in [-0.1, -0.05) is 130 Å². The zero-order chi connectivity index (χ0) is 41.5. The van der Waals surface area contributed by atoms with Gasteiger partial charge in [-0.2, -0.15) is 0 Å². The van der Waals surface area contributed by atoms with Gasteiger partial charge in [0.2, 0.25) is 0 Å². The van der Waals surface area contributed by atoms with Crippen LogP contribution in [0.25, 0.3) is 83.2 Å². The molecule has 0 amide bonds. The SMILES string of the molecule is CC(C)c1cccc(C(C)C)c1-n1c(-c2[c-]ccc3c2oc2cc(-c4ccccc4)ccc23)nc2ccc3ccccc3c21.[CH3][Ge]([CH3])([CH3])[c]1ccc(-c2[c-]cccc2)nc1.[Ir]. The Kier molecular flexibility index (Phi) is 12.0.